The van der Waals surface area contributed by atoms with Gasteiger partial charge in [-0.05, 0) is 25.7 Å². The fraction of sp³-hybridized carbons (Fsp3) is 0.933. The van der Waals surface area contributed by atoms with E-state index in [1.54, 1.807) is 0 Å². The van der Waals surface area contributed by atoms with Crippen molar-refractivity contribution >= 4 is 5.78 Å². The molecule has 18 heavy (non-hydrogen) atoms. The van der Waals surface area contributed by atoms with Crippen molar-refractivity contribution in [3.8, 4) is 0 Å². The Hall–Kier alpha value is -0.410. The molecule has 0 bridgehead atoms. The predicted octanol–water partition coefficient (Wildman–Crippen LogP) is 1.87. The molecule has 2 rings (SSSR count). The molecule has 0 radical (unpaired) electrons. The average molecular weight is 252 g/mol. The van der Waals surface area contributed by atoms with Gasteiger partial charge in [-0.3, -0.25) is 4.79 Å². The second-order valence-corrected chi connectivity index (χ2v) is 6.70. The van der Waals surface area contributed by atoms with Crippen LogP contribution in [0.15, 0.2) is 0 Å². The molecule has 0 N–H and O–H groups in total. The maximum Gasteiger partial charge on any atom is 0.136 e. The maximum absolute atomic E-state index is 11.7. The summed E-state index contributed by atoms with van der Waals surface area (Å²) in [5, 5.41) is 0. The van der Waals surface area contributed by atoms with Gasteiger partial charge in [-0.2, -0.15) is 0 Å². The SMILES string of the molecule is CC(C)C(=O)CCN1CC2CN(C(C)C)CC2C1. The molecule has 0 saturated carbocycles. The molecule has 2 aliphatic rings. The molecule has 2 unspecified atom stereocenters. The van der Waals surface area contributed by atoms with Gasteiger partial charge in [-0.1, -0.05) is 13.8 Å². The van der Waals surface area contributed by atoms with Crippen LogP contribution in [0.1, 0.15) is 34.1 Å². The number of hydrogen-bond donors (Lipinski definition) is 0. The molecule has 3 nitrogen and oxygen atoms in total. The topological polar surface area (TPSA) is 23.6 Å². The Labute approximate surface area is 112 Å². The quantitative estimate of drug-likeness (QED) is 0.746. The van der Waals surface area contributed by atoms with E-state index >= 15 is 0 Å². The minimum atomic E-state index is 0.198. The summed E-state index contributed by atoms with van der Waals surface area (Å²) in [5.74, 6) is 2.31. The minimum Gasteiger partial charge on any atom is -0.302 e. The van der Waals surface area contributed by atoms with Gasteiger partial charge in [-0.15, -0.1) is 0 Å². The van der Waals surface area contributed by atoms with E-state index in [0.29, 0.717) is 11.8 Å². The van der Waals surface area contributed by atoms with Gasteiger partial charge in [0, 0.05) is 51.1 Å². The number of carbonyl (C=O) groups excluding carboxylic acids is 1. The van der Waals surface area contributed by atoms with Gasteiger partial charge in [0.05, 0.1) is 0 Å². The van der Waals surface area contributed by atoms with Crippen LogP contribution < -0.4 is 0 Å². The molecular weight excluding hydrogens is 224 g/mol. The lowest BCUT2D eigenvalue weighted by Gasteiger charge is -2.24. The van der Waals surface area contributed by atoms with E-state index in [-0.39, 0.29) is 5.92 Å². The Balaban J connectivity index is 1.74. The second-order valence-electron chi connectivity index (χ2n) is 6.70. The van der Waals surface area contributed by atoms with Crippen LogP contribution in [0.3, 0.4) is 0 Å². The highest BCUT2D eigenvalue weighted by Crippen LogP contribution is 2.32. The third-order valence-electron chi connectivity index (χ3n) is 4.64. The molecule has 0 aromatic carbocycles. The smallest absolute Gasteiger partial charge is 0.136 e. The van der Waals surface area contributed by atoms with Crippen LogP contribution >= 0.6 is 0 Å². The molecule has 2 fully saturated rings. The summed E-state index contributed by atoms with van der Waals surface area (Å²) in [6.45, 7) is 14.5. The van der Waals surface area contributed by atoms with Crippen molar-refractivity contribution in [1.82, 2.24) is 9.80 Å². The zero-order valence-electron chi connectivity index (χ0n) is 12.4. The number of fused-ring (bicyclic) bond motifs is 1. The molecule has 0 spiro atoms. The molecule has 0 aromatic rings. The van der Waals surface area contributed by atoms with Gasteiger partial charge in [0.1, 0.15) is 5.78 Å². The predicted molar refractivity (Wildman–Crippen MR) is 74.6 cm³/mol. The zero-order chi connectivity index (χ0) is 13.3. The first-order chi connectivity index (χ1) is 8.47. The molecule has 2 aliphatic heterocycles. The normalized spacial score (nSPS) is 29.4. The number of rotatable bonds is 5. The van der Waals surface area contributed by atoms with Crippen LogP contribution in [-0.4, -0.2) is 54.3 Å². The molecule has 104 valence electrons. The number of nitrogens with zero attached hydrogens (tertiary/aromatic N) is 2. The lowest BCUT2D eigenvalue weighted by atomic mass is 10.0. The Morgan fingerprint density at radius 2 is 1.61 bits per heavy atom. The summed E-state index contributed by atoms with van der Waals surface area (Å²) < 4.78 is 0. The molecule has 2 saturated heterocycles. The number of likely N-dealkylation sites (tertiary alicyclic amines) is 2. The van der Waals surface area contributed by atoms with Crippen molar-refractivity contribution in [2.75, 3.05) is 32.7 Å². The van der Waals surface area contributed by atoms with E-state index in [1.165, 1.54) is 26.2 Å². The molecule has 0 amide bonds. The van der Waals surface area contributed by atoms with Crippen molar-refractivity contribution in [2.45, 2.75) is 40.2 Å². The first-order valence-electron chi connectivity index (χ1n) is 7.46. The van der Waals surface area contributed by atoms with Gasteiger partial charge in [-0.25, -0.2) is 0 Å². The van der Waals surface area contributed by atoms with Crippen molar-refractivity contribution < 1.29 is 4.79 Å². The number of hydrogen-bond acceptors (Lipinski definition) is 3. The first kappa shape index (κ1) is 14.0. The largest absolute Gasteiger partial charge is 0.302 e. The van der Waals surface area contributed by atoms with Crippen LogP contribution in [0.25, 0.3) is 0 Å². The highest BCUT2D eigenvalue weighted by atomic mass is 16.1. The molecule has 2 atom stereocenters. The van der Waals surface area contributed by atoms with Crippen LogP contribution in [-0.2, 0) is 4.79 Å². The maximum atomic E-state index is 11.7. The van der Waals surface area contributed by atoms with E-state index < -0.39 is 0 Å². The average Bonchev–Trinajstić information content (AvgIpc) is 2.82. The lowest BCUT2D eigenvalue weighted by Crippen LogP contribution is -2.33. The van der Waals surface area contributed by atoms with E-state index in [4.69, 9.17) is 0 Å². The molecule has 0 aromatic heterocycles. The summed E-state index contributed by atoms with van der Waals surface area (Å²) in [5.41, 5.74) is 0. The van der Waals surface area contributed by atoms with Crippen molar-refractivity contribution in [2.24, 2.45) is 17.8 Å². The Morgan fingerprint density at radius 1 is 1.06 bits per heavy atom. The van der Waals surface area contributed by atoms with E-state index in [1.807, 2.05) is 13.8 Å². The van der Waals surface area contributed by atoms with Crippen LogP contribution in [0.4, 0.5) is 0 Å². The van der Waals surface area contributed by atoms with Gasteiger partial charge in [0.15, 0.2) is 0 Å². The summed E-state index contributed by atoms with van der Waals surface area (Å²) in [6, 6.07) is 0.687. The fourth-order valence-corrected chi connectivity index (χ4v) is 3.29. The monoisotopic (exact) mass is 252 g/mol. The van der Waals surface area contributed by atoms with Gasteiger partial charge < -0.3 is 9.80 Å². The molecule has 3 heteroatoms. The Morgan fingerprint density at radius 3 is 2.06 bits per heavy atom. The van der Waals surface area contributed by atoms with E-state index in [2.05, 4.69) is 23.6 Å². The van der Waals surface area contributed by atoms with Gasteiger partial charge in [0.2, 0.25) is 0 Å². The highest BCUT2D eigenvalue weighted by molar-refractivity contribution is 5.80. The van der Waals surface area contributed by atoms with Crippen LogP contribution in [0.5, 0.6) is 0 Å². The van der Waals surface area contributed by atoms with Gasteiger partial charge in [0.25, 0.3) is 0 Å². The highest BCUT2D eigenvalue weighted by Gasteiger charge is 2.40. The lowest BCUT2D eigenvalue weighted by molar-refractivity contribution is -0.122. The number of carbonyl (C=O) groups is 1. The standard InChI is InChI=1S/C15H28N2O/c1-11(2)15(18)5-6-16-7-13-9-17(12(3)4)10-14(13)8-16/h11-14H,5-10H2,1-4H3. The Bertz CT molecular complexity index is 287. The minimum absolute atomic E-state index is 0.198. The summed E-state index contributed by atoms with van der Waals surface area (Å²) in [7, 11) is 0. The van der Waals surface area contributed by atoms with E-state index in [0.717, 1.165) is 24.8 Å². The molecular formula is C15H28N2O. The molecule has 2 heterocycles. The number of ketones is 1. The van der Waals surface area contributed by atoms with Gasteiger partial charge >= 0.3 is 0 Å². The zero-order valence-corrected chi connectivity index (χ0v) is 12.4. The fourth-order valence-electron chi connectivity index (χ4n) is 3.29. The third kappa shape index (κ3) is 3.12. The second kappa shape index (κ2) is 5.70. The molecule has 0 aliphatic carbocycles. The van der Waals surface area contributed by atoms with Crippen molar-refractivity contribution in [1.29, 1.82) is 0 Å². The summed E-state index contributed by atoms with van der Waals surface area (Å²) in [4.78, 5) is 16.8. The first-order valence-corrected chi connectivity index (χ1v) is 7.46. The number of Topliss-reactive ketones (excluding diaryl/α,β-unsaturated/α-hetero) is 1. The summed E-state index contributed by atoms with van der Waals surface area (Å²) in [6.07, 6.45) is 0.741. The third-order valence-corrected chi connectivity index (χ3v) is 4.64. The Kier molecular flexibility index (Phi) is 4.44. The van der Waals surface area contributed by atoms with Crippen molar-refractivity contribution in [3.63, 3.8) is 0 Å². The van der Waals surface area contributed by atoms with Crippen LogP contribution in [0.2, 0.25) is 0 Å². The van der Waals surface area contributed by atoms with Crippen LogP contribution in [0, 0.1) is 17.8 Å². The summed E-state index contributed by atoms with van der Waals surface area (Å²) >= 11 is 0. The van der Waals surface area contributed by atoms with E-state index in [9.17, 15) is 4.79 Å². The van der Waals surface area contributed by atoms with Crippen molar-refractivity contribution in [3.05, 3.63) is 0 Å².